The number of aliphatic hydroxyl groups excluding tert-OH is 1. The number of anilines is 2. The lowest BCUT2D eigenvalue weighted by atomic mass is 9.96. The van der Waals surface area contributed by atoms with Gasteiger partial charge in [-0.05, 0) is 30.5 Å². The molecule has 0 saturated carbocycles. The number of halogens is 1. The standard InChI is InChI=1S/C12H17ClN2O/c1-8-7-15(5-4-12(8)16)11-6-9(13)2-3-10(11)14/h2-3,6,8,12,16H,4-5,7,14H2,1H3. The molecule has 2 unspecified atom stereocenters. The normalized spacial score (nSPS) is 25.8. The Morgan fingerprint density at radius 3 is 2.94 bits per heavy atom. The average molecular weight is 241 g/mol. The summed E-state index contributed by atoms with van der Waals surface area (Å²) in [7, 11) is 0. The van der Waals surface area contributed by atoms with Gasteiger partial charge in [0.15, 0.2) is 0 Å². The molecule has 1 aliphatic heterocycles. The van der Waals surface area contributed by atoms with E-state index in [-0.39, 0.29) is 12.0 Å². The molecule has 0 amide bonds. The molecule has 1 aliphatic rings. The maximum atomic E-state index is 9.68. The van der Waals surface area contributed by atoms with Gasteiger partial charge in [-0.3, -0.25) is 0 Å². The van der Waals surface area contributed by atoms with Crippen LogP contribution >= 0.6 is 11.6 Å². The fourth-order valence-corrected chi connectivity index (χ4v) is 2.31. The first-order valence-corrected chi connectivity index (χ1v) is 5.94. The van der Waals surface area contributed by atoms with Crippen molar-refractivity contribution in [1.82, 2.24) is 0 Å². The topological polar surface area (TPSA) is 49.5 Å². The van der Waals surface area contributed by atoms with Gasteiger partial charge in [0.1, 0.15) is 0 Å². The Labute approximate surface area is 101 Å². The molecule has 1 heterocycles. The second kappa shape index (κ2) is 4.52. The van der Waals surface area contributed by atoms with Gasteiger partial charge < -0.3 is 15.7 Å². The number of aliphatic hydroxyl groups is 1. The summed E-state index contributed by atoms with van der Waals surface area (Å²) >= 11 is 5.97. The first-order chi connectivity index (χ1) is 7.58. The minimum atomic E-state index is -0.198. The van der Waals surface area contributed by atoms with E-state index in [4.69, 9.17) is 17.3 Å². The molecule has 4 heteroatoms. The van der Waals surface area contributed by atoms with Gasteiger partial charge in [-0.1, -0.05) is 18.5 Å². The molecule has 3 N–H and O–H groups in total. The molecule has 1 aromatic rings. The second-order valence-corrected chi connectivity index (χ2v) is 4.92. The summed E-state index contributed by atoms with van der Waals surface area (Å²) in [6.07, 6.45) is 0.587. The van der Waals surface area contributed by atoms with Crippen molar-refractivity contribution in [2.45, 2.75) is 19.4 Å². The van der Waals surface area contributed by atoms with Crippen molar-refractivity contribution in [3.8, 4) is 0 Å². The molecular weight excluding hydrogens is 224 g/mol. The molecule has 3 nitrogen and oxygen atoms in total. The van der Waals surface area contributed by atoms with Gasteiger partial charge in [-0.25, -0.2) is 0 Å². The van der Waals surface area contributed by atoms with Crippen LogP contribution in [0, 0.1) is 5.92 Å². The number of nitrogens with zero attached hydrogens (tertiary/aromatic N) is 1. The molecule has 0 spiro atoms. The third kappa shape index (κ3) is 2.25. The highest BCUT2D eigenvalue weighted by atomic mass is 35.5. The van der Waals surface area contributed by atoms with E-state index >= 15 is 0 Å². The van der Waals surface area contributed by atoms with Gasteiger partial charge in [-0.2, -0.15) is 0 Å². The maximum Gasteiger partial charge on any atom is 0.0614 e. The first-order valence-electron chi connectivity index (χ1n) is 5.56. The van der Waals surface area contributed by atoms with Gasteiger partial charge in [0.25, 0.3) is 0 Å². The largest absolute Gasteiger partial charge is 0.397 e. The lowest BCUT2D eigenvalue weighted by molar-refractivity contribution is 0.0971. The van der Waals surface area contributed by atoms with Gasteiger partial charge in [0, 0.05) is 18.1 Å². The van der Waals surface area contributed by atoms with E-state index in [1.54, 1.807) is 6.07 Å². The lowest BCUT2D eigenvalue weighted by Gasteiger charge is -2.36. The molecule has 1 saturated heterocycles. The van der Waals surface area contributed by atoms with Crippen LogP contribution in [0.25, 0.3) is 0 Å². The average Bonchev–Trinajstić information content (AvgIpc) is 2.26. The van der Waals surface area contributed by atoms with Gasteiger partial charge >= 0.3 is 0 Å². The van der Waals surface area contributed by atoms with Gasteiger partial charge in [0.05, 0.1) is 17.5 Å². The second-order valence-electron chi connectivity index (χ2n) is 4.48. The minimum absolute atomic E-state index is 0.198. The van der Waals surface area contributed by atoms with Gasteiger partial charge in [-0.15, -0.1) is 0 Å². The number of hydrogen-bond acceptors (Lipinski definition) is 3. The number of benzene rings is 1. The third-order valence-electron chi connectivity index (χ3n) is 3.19. The van der Waals surface area contributed by atoms with E-state index in [0.717, 1.165) is 30.9 Å². The van der Waals surface area contributed by atoms with Crippen LogP contribution in [0.4, 0.5) is 11.4 Å². The monoisotopic (exact) mass is 240 g/mol. The van der Waals surface area contributed by atoms with Crippen molar-refractivity contribution in [2.75, 3.05) is 23.7 Å². The number of hydrogen-bond donors (Lipinski definition) is 2. The van der Waals surface area contributed by atoms with Crippen LogP contribution in [0.5, 0.6) is 0 Å². The van der Waals surface area contributed by atoms with Crippen LogP contribution in [0.3, 0.4) is 0 Å². The maximum absolute atomic E-state index is 9.68. The Bertz CT molecular complexity index is 383. The summed E-state index contributed by atoms with van der Waals surface area (Å²) in [5, 5.41) is 10.4. The zero-order chi connectivity index (χ0) is 11.7. The van der Waals surface area contributed by atoms with Crippen molar-refractivity contribution in [2.24, 2.45) is 5.92 Å². The predicted octanol–water partition coefficient (Wildman–Crippen LogP) is 2.13. The number of rotatable bonds is 1. The summed E-state index contributed by atoms with van der Waals surface area (Å²) in [5.41, 5.74) is 7.66. The molecular formula is C12H17ClN2O. The smallest absolute Gasteiger partial charge is 0.0614 e. The van der Waals surface area contributed by atoms with E-state index < -0.39 is 0 Å². The molecule has 0 aromatic heterocycles. The van der Waals surface area contributed by atoms with Crippen LogP contribution in [-0.2, 0) is 0 Å². The molecule has 0 radical (unpaired) electrons. The minimum Gasteiger partial charge on any atom is -0.397 e. The number of nitrogens with two attached hydrogens (primary N) is 1. The van der Waals surface area contributed by atoms with E-state index in [9.17, 15) is 5.11 Å². The zero-order valence-corrected chi connectivity index (χ0v) is 10.1. The Hall–Kier alpha value is -0.930. The molecule has 1 aromatic carbocycles. The number of nitrogen functional groups attached to an aromatic ring is 1. The lowest BCUT2D eigenvalue weighted by Crippen LogP contribution is -2.42. The Balaban J connectivity index is 2.21. The summed E-state index contributed by atoms with van der Waals surface area (Å²) in [6.45, 7) is 3.71. The Morgan fingerprint density at radius 1 is 1.50 bits per heavy atom. The highest BCUT2D eigenvalue weighted by molar-refractivity contribution is 6.31. The molecule has 2 atom stereocenters. The van der Waals surface area contributed by atoms with Crippen molar-refractivity contribution in [3.05, 3.63) is 23.2 Å². The molecule has 16 heavy (non-hydrogen) atoms. The molecule has 0 bridgehead atoms. The third-order valence-corrected chi connectivity index (χ3v) is 3.43. The van der Waals surface area contributed by atoms with Crippen LogP contribution in [-0.4, -0.2) is 24.3 Å². The highest BCUT2D eigenvalue weighted by Crippen LogP contribution is 2.30. The predicted molar refractivity (Wildman–Crippen MR) is 67.9 cm³/mol. The van der Waals surface area contributed by atoms with Crippen LogP contribution in [0.1, 0.15) is 13.3 Å². The van der Waals surface area contributed by atoms with E-state index in [2.05, 4.69) is 11.8 Å². The van der Waals surface area contributed by atoms with Crippen LogP contribution in [0.2, 0.25) is 5.02 Å². The molecule has 0 aliphatic carbocycles. The van der Waals surface area contributed by atoms with Crippen LogP contribution < -0.4 is 10.6 Å². The molecule has 88 valence electrons. The fourth-order valence-electron chi connectivity index (χ4n) is 2.14. The van der Waals surface area contributed by atoms with Gasteiger partial charge in [0.2, 0.25) is 0 Å². The summed E-state index contributed by atoms with van der Waals surface area (Å²) < 4.78 is 0. The van der Waals surface area contributed by atoms with E-state index in [1.165, 1.54) is 0 Å². The van der Waals surface area contributed by atoms with E-state index in [1.807, 2.05) is 12.1 Å². The van der Waals surface area contributed by atoms with Crippen molar-refractivity contribution >= 4 is 23.0 Å². The summed E-state index contributed by atoms with van der Waals surface area (Å²) in [5.74, 6) is 0.270. The zero-order valence-electron chi connectivity index (χ0n) is 9.36. The van der Waals surface area contributed by atoms with Crippen molar-refractivity contribution in [1.29, 1.82) is 0 Å². The SMILES string of the molecule is CC1CN(c2cc(Cl)ccc2N)CCC1O. The molecule has 2 rings (SSSR count). The fraction of sp³-hybridized carbons (Fsp3) is 0.500. The van der Waals surface area contributed by atoms with Crippen molar-refractivity contribution in [3.63, 3.8) is 0 Å². The first kappa shape index (κ1) is 11.6. The number of piperidine rings is 1. The van der Waals surface area contributed by atoms with Crippen molar-refractivity contribution < 1.29 is 5.11 Å². The highest BCUT2D eigenvalue weighted by Gasteiger charge is 2.25. The summed E-state index contributed by atoms with van der Waals surface area (Å²) in [4.78, 5) is 2.19. The Morgan fingerprint density at radius 2 is 2.25 bits per heavy atom. The van der Waals surface area contributed by atoms with E-state index in [0.29, 0.717) is 5.02 Å². The Kier molecular flexibility index (Phi) is 3.26. The quantitative estimate of drug-likeness (QED) is 0.740. The molecule has 1 fully saturated rings. The van der Waals surface area contributed by atoms with Crippen LogP contribution in [0.15, 0.2) is 18.2 Å². The summed E-state index contributed by atoms with van der Waals surface area (Å²) in [6, 6.07) is 5.51.